The van der Waals surface area contributed by atoms with E-state index in [0.29, 0.717) is 0 Å². The predicted octanol–water partition coefficient (Wildman–Crippen LogP) is 2.34. The van der Waals surface area contributed by atoms with Gasteiger partial charge in [-0.25, -0.2) is 29.3 Å². The Balaban J connectivity index is 0.000000384. The minimum absolute atomic E-state index is 0. The first-order valence-electron chi connectivity index (χ1n) is 7.34. The van der Waals surface area contributed by atoms with Crippen molar-refractivity contribution in [2.24, 2.45) is 0 Å². The van der Waals surface area contributed by atoms with Gasteiger partial charge in [0.2, 0.25) is 0 Å². The Morgan fingerprint density at radius 2 is 0.786 bits per heavy atom. The molecule has 28 heavy (non-hydrogen) atoms. The fourth-order valence-electron chi connectivity index (χ4n) is 1.47. The molecule has 0 spiro atoms. The summed E-state index contributed by atoms with van der Waals surface area (Å²) in [5.74, 6) is -2.97. The summed E-state index contributed by atoms with van der Waals surface area (Å²) >= 11 is 0. The van der Waals surface area contributed by atoms with Crippen LogP contribution in [0.3, 0.4) is 0 Å². The average molecular weight is 528 g/mol. The van der Waals surface area contributed by atoms with E-state index in [1.54, 1.807) is 36.4 Å². The second-order valence-electron chi connectivity index (χ2n) is 4.56. The van der Waals surface area contributed by atoms with Crippen LogP contribution in [-0.2, 0) is 0 Å². The maximum Gasteiger partial charge on any atom is 0.354 e. The van der Waals surface area contributed by atoms with Gasteiger partial charge in [-0.05, 0) is 36.4 Å². The van der Waals surface area contributed by atoms with Crippen LogP contribution in [0.1, 0.15) is 31.5 Å². The summed E-state index contributed by atoms with van der Waals surface area (Å²) in [5.41, 5.74) is 0.243. The molecule has 0 aliphatic rings. The Morgan fingerprint density at radius 1 is 0.536 bits per heavy atom. The Kier molecular flexibility index (Phi) is 12.8. The predicted molar refractivity (Wildman–Crippen MR) is 93.6 cm³/mol. The van der Waals surface area contributed by atoms with Crippen LogP contribution >= 0.6 is 0 Å². The van der Waals surface area contributed by atoms with Crippen molar-refractivity contribution in [3.8, 4) is 0 Å². The van der Waals surface area contributed by atoms with Gasteiger partial charge in [-0.15, -0.1) is 0 Å². The van der Waals surface area contributed by atoms with E-state index in [1.807, 2.05) is 0 Å². The van der Waals surface area contributed by atoms with Gasteiger partial charge in [-0.1, -0.05) is 18.2 Å². The number of pyridine rings is 3. The van der Waals surface area contributed by atoms with Crippen molar-refractivity contribution in [3.63, 3.8) is 0 Å². The first-order chi connectivity index (χ1) is 12.9. The number of hydrogen-bond donors (Lipinski definition) is 3. The number of carboxylic acids is 3. The molecule has 3 aromatic heterocycles. The van der Waals surface area contributed by atoms with Crippen molar-refractivity contribution < 1.29 is 68.3 Å². The first kappa shape index (κ1) is 25.1. The quantitative estimate of drug-likeness (QED) is 0.466. The van der Waals surface area contributed by atoms with Crippen molar-refractivity contribution >= 4 is 17.9 Å². The number of rotatable bonds is 3. The summed E-state index contributed by atoms with van der Waals surface area (Å²) in [5, 5.41) is 25.0. The van der Waals surface area contributed by atoms with E-state index in [-0.39, 0.29) is 55.7 Å². The largest absolute Gasteiger partial charge is 0.477 e. The van der Waals surface area contributed by atoms with Crippen LogP contribution in [0.25, 0.3) is 0 Å². The molecular weight excluding hydrogens is 513 g/mol. The van der Waals surface area contributed by atoms with E-state index in [4.69, 9.17) is 15.3 Å². The van der Waals surface area contributed by atoms with Crippen LogP contribution in [0.4, 0.5) is 0 Å². The molecule has 0 aliphatic heterocycles. The smallest absolute Gasteiger partial charge is 0.354 e. The minimum atomic E-state index is -0.990. The molecule has 0 amide bonds. The SMILES string of the molecule is O=C(O)c1ccccn1.O=C(O)c1ccccn1.O=C(O)c1ccccn1.[Tb]. The summed E-state index contributed by atoms with van der Waals surface area (Å²) in [4.78, 5) is 41.2. The number of aromatic carboxylic acids is 3. The van der Waals surface area contributed by atoms with Gasteiger partial charge >= 0.3 is 17.9 Å². The number of nitrogens with zero attached hydrogens (tertiary/aromatic N) is 3. The van der Waals surface area contributed by atoms with Crippen molar-refractivity contribution in [1.82, 2.24) is 15.0 Å². The van der Waals surface area contributed by atoms with Gasteiger partial charge < -0.3 is 15.3 Å². The van der Waals surface area contributed by atoms with E-state index < -0.39 is 17.9 Å². The zero-order valence-electron chi connectivity index (χ0n) is 14.2. The zero-order valence-corrected chi connectivity index (χ0v) is 16.3. The summed E-state index contributed by atoms with van der Waals surface area (Å²) in [6.07, 6.45) is 4.34. The van der Waals surface area contributed by atoms with Crippen LogP contribution in [0.15, 0.2) is 73.2 Å². The molecule has 10 heteroatoms. The van der Waals surface area contributed by atoms with Crippen LogP contribution in [0, 0.1) is 38.6 Å². The van der Waals surface area contributed by atoms with Crippen LogP contribution in [0.2, 0.25) is 0 Å². The fraction of sp³-hybridized carbons (Fsp3) is 0. The first-order valence-corrected chi connectivity index (χ1v) is 7.34. The summed E-state index contributed by atoms with van der Waals surface area (Å²) in [7, 11) is 0. The second kappa shape index (κ2) is 14.2. The van der Waals surface area contributed by atoms with Gasteiger partial charge in [0.05, 0.1) is 0 Å². The van der Waals surface area contributed by atoms with Crippen molar-refractivity contribution in [2.45, 2.75) is 0 Å². The van der Waals surface area contributed by atoms with E-state index in [9.17, 15) is 14.4 Å². The van der Waals surface area contributed by atoms with Crippen LogP contribution in [0.5, 0.6) is 0 Å². The molecule has 0 saturated heterocycles. The van der Waals surface area contributed by atoms with Crippen molar-refractivity contribution in [3.05, 3.63) is 90.3 Å². The third-order valence-corrected chi connectivity index (χ3v) is 2.65. The average Bonchev–Trinajstić information content (AvgIpc) is 2.71. The molecule has 3 rings (SSSR count). The van der Waals surface area contributed by atoms with Gasteiger partial charge in [-0.3, -0.25) is 0 Å². The third kappa shape index (κ3) is 10.3. The van der Waals surface area contributed by atoms with Gasteiger partial charge in [0.25, 0.3) is 0 Å². The molecule has 0 unspecified atom stereocenters. The van der Waals surface area contributed by atoms with Crippen molar-refractivity contribution in [2.75, 3.05) is 0 Å². The Morgan fingerprint density at radius 3 is 0.893 bits per heavy atom. The van der Waals surface area contributed by atoms with E-state index in [0.717, 1.165) is 0 Å². The summed E-state index contributed by atoms with van der Waals surface area (Å²) in [6.45, 7) is 0. The molecule has 0 bridgehead atoms. The Bertz CT molecular complexity index is 747. The number of aromatic nitrogens is 3. The Labute approximate surface area is 190 Å². The zero-order chi connectivity index (χ0) is 20.1. The molecule has 0 aliphatic carbocycles. The van der Waals surface area contributed by atoms with Crippen LogP contribution < -0.4 is 0 Å². The van der Waals surface area contributed by atoms with Crippen molar-refractivity contribution in [1.29, 1.82) is 0 Å². The Hall–Kier alpha value is -2.85. The standard InChI is InChI=1S/3C6H5NO2.Tb/c3*8-6(9)5-3-1-2-4-7-5;/h3*1-4H,(H,8,9);. The maximum atomic E-state index is 10.1. The van der Waals surface area contributed by atoms with E-state index in [1.165, 1.54) is 36.8 Å². The van der Waals surface area contributed by atoms with Gasteiger partial charge in [0, 0.05) is 57.2 Å². The molecule has 0 saturated carbocycles. The topological polar surface area (TPSA) is 151 Å². The molecule has 3 heterocycles. The van der Waals surface area contributed by atoms with Gasteiger partial charge in [0.15, 0.2) is 0 Å². The molecular formula is C18H15N3O6Tb. The second-order valence-corrected chi connectivity index (χ2v) is 4.56. The summed E-state index contributed by atoms with van der Waals surface area (Å²) in [6, 6.07) is 14.3. The monoisotopic (exact) mass is 528 g/mol. The fourth-order valence-corrected chi connectivity index (χ4v) is 1.47. The molecule has 3 N–H and O–H groups in total. The van der Waals surface area contributed by atoms with E-state index in [2.05, 4.69) is 15.0 Å². The molecule has 1 radical (unpaired) electrons. The maximum absolute atomic E-state index is 10.1. The van der Waals surface area contributed by atoms with Gasteiger partial charge in [0.1, 0.15) is 17.1 Å². The van der Waals surface area contributed by atoms with E-state index >= 15 is 0 Å². The molecule has 9 nitrogen and oxygen atoms in total. The third-order valence-electron chi connectivity index (χ3n) is 2.65. The molecule has 0 atom stereocenters. The van der Waals surface area contributed by atoms with Gasteiger partial charge in [-0.2, -0.15) is 0 Å². The number of hydrogen-bond acceptors (Lipinski definition) is 6. The minimum Gasteiger partial charge on any atom is -0.477 e. The molecule has 147 valence electrons. The molecule has 0 fully saturated rings. The normalized spacial score (nSPS) is 8.57. The molecule has 3 aromatic rings. The number of carbonyl (C=O) groups is 3. The summed E-state index contributed by atoms with van der Waals surface area (Å²) < 4.78 is 0. The molecule has 0 aromatic carbocycles. The number of carboxylic acid groups (broad SMARTS) is 3. The van der Waals surface area contributed by atoms with Crippen LogP contribution in [-0.4, -0.2) is 48.2 Å².